The van der Waals surface area contributed by atoms with Crippen molar-refractivity contribution in [1.29, 1.82) is 5.26 Å². The summed E-state index contributed by atoms with van der Waals surface area (Å²) in [4.78, 5) is 0. The normalized spacial score (nSPS) is 13.3. The van der Waals surface area contributed by atoms with Crippen LogP contribution in [0.4, 0.5) is 0 Å². The Bertz CT molecular complexity index is 907. The summed E-state index contributed by atoms with van der Waals surface area (Å²) in [6.45, 7) is 1.17. The molecule has 0 bridgehead atoms. The van der Waals surface area contributed by atoms with E-state index in [1.54, 1.807) is 0 Å². The summed E-state index contributed by atoms with van der Waals surface area (Å²) in [6.07, 6.45) is 2.15. The highest BCUT2D eigenvalue weighted by molar-refractivity contribution is 5.45. The minimum atomic E-state index is 0.254. The largest absolute Gasteiger partial charge is 0.376 e. The predicted molar refractivity (Wildman–Crippen MR) is 103 cm³/mol. The molecule has 0 N–H and O–H groups in total. The molecule has 2 heteroatoms. The van der Waals surface area contributed by atoms with E-state index in [0.717, 1.165) is 18.4 Å². The molecule has 0 atom stereocenters. The highest BCUT2D eigenvalue weighted by Crippen LogP contribution is 2.34. The number of rotatable bonds is 4. The monoisotopic (exact) mass is 339 g/mol. The number of ether oxygens (including phenoxy) is 1. The van der Waals surface area contributed by atoms with Gasteiger partial charge in [0.25, 0.3) is 0 Å². The molecule has 0 saturated carbocycles. The summed E-state index contributed by atoms with van der Waals surface area (Å²) in [5, 5.41) is 9.05. The maximum atomic E-state index is 9.05. The first-order valence-corrected chi connectivity index (χ1v) is 9.07. The maximum Gasteiger partial charge on any atom is 0.0991 e. The highest BCUT2D eigenvalue weighted by atomic mass is 16.5. The van der Waals surface area contributed by atoms with Crippen LogP contribution in [0.5, 0.6) is 0 Å². The van der Waals surface area contributed by atoms with E-state index < -0.39 is 0 Å². The lowest BCUT2D eigenvalue weighted by molar-refractivity contribution is 0.114. The van der Waals surface area contributed by atoms with E-state index in [9.17, 15) is 0 Å². The second-order valence-electron chi connectivity index (χ2n) is 6.78. The van der Waals surface area contributed by atoms with Crippen molar-refractivity contribution in [3.8, 4) is 6.07 Å². The summed E-state index contributed by atoms with van der Waals surface area (Å²) in [6, 6.07) is 27.3. The van der Waals surface area contributed by atoms with E-state index >= 15 is 0 Å². The fourth-order valence-electron chi connectivity index (χ4n) is 3.85. The lowest BCUT2D eigenvalue weighted by atomic mass is 9.89. The highest BCUT2D eigenvalue weighted by Gasteiger charge is 2.23. The third kappa shape index (κ3) is 3.40. The Morgan fingerprint density at radius 2 is 1.50 bits per heavy atom. The van der Waals surface area contributed by atoms with Gasteiger partial charge >= 0.3 is 0 Å². The number of fused-ring (bicyclic) bond motifs is 2. The SMILES string of the molecule is N#Cc1cccc(COCC2c3ccccc3CCc3ccccc32)c1. The maximum absolute atomic E-state index is 9.05. The summed E-state index contributed by atoms with van der Waals surface area (Å²) in [5.41, 5.74) is 7.31. The van der Waals surface area contributed by atoms with Gasteiger partial charge in [-0.05, 0) is 52.8 Å². The zero-order valence-corrected chi connectivity index (χ0v) is 14.7. The van der Waals surface area contributed by atoms with Crippen LogP contribution in [0.2, 0.25) is 0 Å². The van der Waals surface area contributed by atoms with Crippen LogP contribution in [0.1, 0.15) is 39.3 Å². The van der Waals surface area contributed by atoms with Crippen molar-refractivity contribution in [2.45, 2.75) is 25.4 Å². The standard InChI is InChI=1S/C24H21NO/c25-15-18-6-5-7-19(14-18)16-26-17-24-22-10-3-1-8-20(22)12-13-21-9-2-4-11-23(21)24/h1-11,14,24H,12-13,16-17H2. The molecule has 0 unspecified atom stereocenters. The Kier molecular flexibility index (Phi) is 4.82. The molecule has 128 valence electrons. The summed E-state index contributed by atoms with van der Waals surface area (Å²) in [7, 11) is 0. The molecule has 1 aliphatic carbocycles. The van der Waals surface area contributed by atoms with Crippen LogP contribution in [-0.4, -0.2) is 6.61 Å². The minimum absolute atomic E-state index is 0.254. The fraction of sp³-hybridized carbons (Fsp3) is 0.208. The molecular weight excluding hydrogens is 318 g/mol. The van der Waals surface area contributed by atoms with Crippen LogP contribution in [0.25, 0.3) is 0 Å². The first kappa shape index (κ1) is 16.6. The third-order valence-electron chi connectivity index (χ3n) is 5.13. The molecule has 0 spiro atoms. The van der Waals surface area contributed by atoms with E-state index in [1.165, 1.54) is 22.3 Å². The molecule has 26 heavy (non-hydrogen) atoms. The Morgan fingerprint density at radius 3 is 2.15 bits per heavy atom. The van der Waals surface area contributed by atoms with E-state index in [0.29, 0.717) is 18.8 Å². The summed E-state index contributed by atoms with van der Waals surface area (Å²) >= 11 is 0. The average molecular weight is 339 g/mol. The molecule has 0 aromatic heterocycles. The smallest absolute Gasteiger partial charge is 0.0991 e. The average Bonchev–Trinajstić information content (AvgIpc) is 2.86. The zero-order chi connectivity index (χ0) is 17.8. The van der Waals surface area contributed by atoms with Gasteiger partial charge in [0.05, 0.1) is 24.8 Å². The number of nitrogens with zero attached hydrogens (tertiary/aromatic N) is 1. The van der Waals surface area contributed by atoms with Gasteiger partial charge in [-0.15, -0.1) is 0 Å². The van der Waals surface area contributed by atoms with Crippen LogP contribution in [0, 0.1) is 11.3 Å². The number of aryl methyl sites for hydroxylation is 2. The van der Waals surface area contributed by atoms with E-state index in [4.69, 9.17) is 10.00 Å². The molecule has 3 aromatic carbocycles. The molecule has 1 aliphatic rings. The van der Waals surface area contributed by atoms with Gasteiger partial charge in [0.1, 0.15) is 0 Å². The van der Waals surface area contributed by atoms with E-state index in [2.05, 4.69) is 54.6 Å². The molecule has 0 fully saturated rings. The van der Waals surface area contributed by atoms with Crippen molar-refractivity contribution >= 4 is 0 Å². The van der Waals surface area contributed by atoms with Crippen LogP contribution in [0.15, 0.2) is 72.8 Å². The van der Waals surface area contributed by atoms with Crippen LogP contribution >= 0.6 is 0 Å². The molecule has 0 aliphatic heterocycles. The first-order chi connectivity index (χ1) is 12.8. The quantitative estimate of drug-likeness (QED) is 0.670. The Hall–Kier alpha value is -2.89. The van der Waals surface area contributed by atoms with Gasteiger partial charge in [0.15, 0.2) is 0 Å². The number of hydrogen-bond donors (Lipinski definition) is 0. The van der Waals surface area contributed by atoms with Crippen molar-refractivity contribution in [3.63, 3.8) is 0 Å². The minimum Gasteiger partial charge on any atom is -0.376 e. The number of hydrogen-bond acceptors (Lipinski definition) is 2. The topological polar surface area (TPSA) is 33.0 Å². The van der Waals surface area contributed by atoms with Crippen LogP contribution in [-0.2, 0) is 24.2 Å². The molecular formula is C24H21NO. The van der Waals surface area contributed by atoms with E-state index in [-0.39, 0.29) is 5.92 Å². The molecule has 0 heterocycles. The lowest BCUT2D eigenvalue weighted by Crippen LogP contribution is -2.11. The van der Waals surface area contributed by atoms with Crippen molar-refractivity contribution in [3.05, 3.63) is 106 Å². The second kappa shape index (κ2) is 7.56. The summed E-state index contributed by atoms with van der Waals surface area (Å²) in [5.74, 6) is 0.254. The molecule has 2 nitrogen and oxygen atoms in total. The molecule has 3 aromatic rings. The Balaban J connectivity index is 1.58. The van der Waals surface area contributed by atoms with Crippen molar-refractivity contribution in [2.75, 3.05) is 6.61 Å². The van der Waals surface area contributed by atoms with Gasteiger partial charge in [-0.1, -0.05) is 60.7 Å². The molecule has 0 radical (unpaired) electrons. The Labute approximate surface area is 154 Å². The Morgan fingerprint density at radius 1 is 0.846 bits per heavy atom. The van der Waals surface area contributed by atoms with Gasteiger partial charge in [-0.3, -0.25) is 0 Å². The van der Waals surface area contributed by atoms with Crippen LogP contribution in [0.3, 0.4) is 0 Å². The van der Waals surface area contributed by atoms with Crippen molar-refractivity contribution < 1.29 is 4.74 Å². The van der Waals surface area contributed by atoms with Gasteiger partial charge in [0.2, 0.25) is 0 Å². The summed E-state index contributed by atoms with van der Waals surface area (Å²) < 4.78 is 6.12. The molecule has 4 rings (SSSR count). The van der Waals surface area contributed by atoms with Gasteiger partial charge < -0.3 is 4.74 Å². The van der Waals surface area contributed by atoms with Crippen molar-refractivity contribution in [2.24, 2.45) is 0 Å². The predicted octanol–water partition coefficient (Wildman–Crippen LogP) is 5.01. The fourth-order valence-corrected chi connectivity index (χ4v) is 3.85. The van der Waals surface area contributed by atoms with Crippen molar-refractivity contribution in [1.82, 2.24) is 0 Å². The van der Waals surface area contributed by atoms with Gasteiger partial charge in [-0.2, -0.15) is 5.26 Å². The first-order valence-electron chi connectivity index (χ1n) is 9.07. The number of nitriles is 1. The van der Waals surface area contributed by atoms with Gasteiger partial charge in [-0.25, -0.2) is 0 Å². The zero-order valence-electron chi connectivity index (χ0n) is 14.7. The lowest BCUT2D eigenvalue weighted by Gasteiger charge is -2.20. The van der Waals surface area contributed by atoms with Crippen LogP contribution < -0.4 is 0 Å². The third-order valence-corrected chi connectivity index (χ3v) is 5.13. The second-order valence-corrected chi connectivity index (χ2v) is 6.78. The number of benzene rings is 3. The van der Waals surface area contributed by atoms with Gasteiger partial charge in [0, 0.05) is 5.92 Å². The van der Waals surface area contributed by atoms with E-state index in [1.807, 2.05) is 24.3 Å². The molecule has 0 amide bonds. The molecule has 0 saturated heterocycles.